The van der Waals surface area contributed by atoms with Crippen LogP contribution in [0.2, 0.25) is 0 Å². The van der Waals surface area contributed by atoms with E-state index >= 15 is 0 Å². The van der Waals surface area contributed by atoms with E-state index in [9.17, 15) is 19.0 Å². The number of ether oxygens (including phenoxy) is 2. The molecular formula is C34H64NO8P. The molecule has 0 saturated heterocycles. The summed E-state index contributed by atoms with van der Waals surface area (Å²) in [5, 5.41) is 0. The predicted molar refractivity (Wildman–Crippen MR) is 178 cm³/mol. The molecule has 2 atom stereocenters. The Labute approximate surface area is 268 Å². The molecule has 9 nitrogen and oxygen atoms in total. The number of rotatable bonds is 32. The number of carbonyl (C=O) groups excluding carboxylic acids is 2. The molecule has 0 aliphatic rings. The molecule has 0 bridgehead atoms. The monoisotopic (exact) mass is 645 g/mol. The standard InChI is InChI=1S/C34H64NO8P/c1-3-5-7-9-11-13-15-16-17-19-21-23-25-27-34(37)43-32(31-42-44(38,39)41-29-28-35)30-40-33(36)26-24-22-20-18-14-12-10-8-6-4-2/h8,10,13,15,32H,3-7,9,11-12,14,16-31,35H2,1-2H3,(H,38,39)/b10-8-,15-13-. The van der Waals surface area contributed by atoms with Gasteiger partial charge in [-0.1, -0.05) is 102 Å². The maximum absolute atomic E-state index is 12.5. The van der Waals surface area contributed by atoms with E-state index in [1.165, 1.54) is 38.5 Å². The van der Waals surface area contributed by atoms with Crippen LogP contribution in [-0.4, -0.2) is 49.3 Å². The lowest BCUT2D eigenvalue weighted by Crippen LogP contribution is -2.29. The van der Waals surface area contributed by atoms with Crippen molar-refractivity contribution in [1.82, 2.24) is 0 Å². The number of allylic oxidation sites excluding steroid dienone is 4. The summed E-state index contributed by atoms with van der Waals surface area (Å²) in [6, 6.07) is 0. The molecule has 0 aliphatic carbocycles. The zero-order valence-corrected chi connectivity index (χ0v) is 28.8. The van der Waals surface area contributed by atoms with Crippen LogP contribution >= 0.6 is 7.82 Å². The van der Waals surface area contributed by atoms with Crippen molar-refractivity contribution in [1.29, 1.82) is 0 Å². The Balaban J connectivity index is 4.30. The highest BCUT2D eigenvalue weighted by Crippen LogP contribution is 2.43. The van der Waals surface area contributed by atoms with Gasteiger partial charge in [0.25, 0.3) is 0 Å². The van der Waals surface area contributed by atoms with E-state index in [4.69, 9.17) is 24.3 Å². The van der Waals surface area contributed by atoms with Crippen molar-refractivity contribution in [3.05, 3.63) is 24.3 Å². The maximum Gasteiger partial charge on any atom is 0.472 e. The Kier molecular flexibility index (Phi) is 30.4. The topological polar surface area (TPSA) is 134 Å². The van der Waals surface area contributed by atoms with E-state index in [1.807, 2.05) is 0 Å². The van der Waals surface area contributed by atoms with Crippen LogP contribution in [0.25, 0.3) is 0 Å². The fraction of sp³-hybridized carbons (Fsp3) is 0.824. The average molecular weight is 646 g/mol. The van der Waals surface area contributed by atoms with E-state index < -0.39 is 32.5 Å². The van der Waals surface area contributed by atoms with Gasteiger partial charge in [0.2, 0.25) is 0 Å². The third-order valence-corrected chi connectivity index (χ3v) is 8.02. The van der Waals surface area contributed by atoms with Gasteiger partial charge in [0, 0.05) is 19.4 Å². The number of unbranched alkanes of at least 4 members (excludes halogenated alkanes) is 15. The van der Waals surface area contributed by atoms with Crippen molar-refractivity contribution in [3.63, 3.8) is 0 Å². The number of hydrogen-bond acceptors (Lipinski definition) is 8. The molecule has 0 fully saturated rings. The van der Waals surface area contributed by atoms with Gasteiger partial charge in [-0.3, -0.25) is 18.6 Å². The number of carbonyl (C=O) groups is 2. The van der Waals surface area contributed by atoms with Crippen LogP contribution in [0.3, 0.4) is 0 Å². The number of hydrogen-bond donors (Lipinski definition) is 2. The van der Waals surface area contributed by atoms with Gasteiger partial charge in [-0.25, -0.2) is 4.57 Å². The van der Waals surface area contributed by atoms with Gasteiger partial charge < -0.3 is 20.1 Å². The molecule has 0 aromatic carbocycles. The highest BCUT2D eigenvalue weighted by atomic mass is 31.2. The third-order valence-electron chi connectivity index (χ3n) is 7.04. The fourth-order valence-corrected chi connectivity index (χ4v) is 5.22. The highest BCUT2D eigenvalue weighted by molar-refractivity contribution is 7.47. The van der Waals surface area contributed by atoms with Gasteiger partial charge in [-0.15, -0.1) is 0 Å². The van der Waals surface area contributed by atoms with Gasteiger partial charge in [0.05, 0.1) is 13.2 Å². The maximum atomic E-state index is 12.5. The Morgan fingerprint density at radius 1 is 0.659 bits per heavy atom. The molecular weight excluding hydrogens is 581 g/mol. The van der Waals surface area contributed by atoms with Crippen molar-refractivity contribution in [3.8, 4) is 0 Å². The Morgan fingerprint density at radius 3 is 1.70 bits per heavy atom. The first-order chi connectivity index (χ1) is 21.3. The van der Waals surface area contributed by atoms with Crippen molar-refractivity contribution in [2.24, 2.45) is 5.73 Å². The summed E-state index contributed by atoms with van der Waals surface area (Å²) in [7, 11) is -4.37. The second-order valence-electron chi connectivity index (χ2n) is 11.4. The van der Waals surface area contributed by atoms with Crippen molar-refractivity contribution < 1.29 is 37.6 Å². The number of phosphoric ester groups is 1. The Hall–Kier alpha value is -1.51. The summed E-state index contributed by atoms with van der Waals surface area (Å²) >= 11 is 0. The smallest absolute Gasteiger partial charge is 0.462 e. The van der Waals surface area contributed by atoms with Gasteiger partial charge in [0.15, 0.2) is 6.10 Å². The van der Waals surface area contributed by atoms with Gasteiger partial charge in [0.1, 0.15) is 6.61 Å². The summed E-state index contributed by atoms with van der Waals surface area (Å²) in [4.78, 5) is 34.5. The number of phosphoric acid groups is 1. The quantitative estimate of drug-likeness (QED) is 0.0318. The van der Waals surface area contributed by atoms with Crippen LogP contribution in [0.4, 0.5) is 0 Å². The van der Waals surface area contributed by atoms with Crippen LogP contribution in [0, 0.1) is 0 Å². The van der Waals surface area contributed by atoms with Crippen LogP contribution in [0.15, 0.2) is 24.3 Å². The summed E-state index contributed by atoms with van der Waals surface area (Å²) in [6.45, 7) is 3.60. The summed E-state index contributed by atoms with van der Waals surface area (Å²) in [5.74, 6) is -0.854. The molecule has 2 unspecified atom stereocenters. The fourth-order valence-electron chi connectivity index (χ4n) is 4.45. The van der Waals surface area contributed by atoms with Crippen LogP contribution in [0.1, 0.15) is 149 Å². The summed E-state index contributed by atoms with van der Waals surface area (Å²) < 4.78 is 32.5. The molecule has 3 N–H and O–H groups in total. The lowest BCUT2D eigenvalue weighted by atomic mass is 10.1. The molecule has 44 heavy (non-hydrogen) atoms. The molecule has 0 aliphatic heterocycles. The van der Waals surface area contributed by atoms with E-state index in [0.29, 0.717) is 6.42 Å². The first-order valence-electron chi connectivity index (χ1n) is 17.3. The van der Waals surface area contributed by atoms with Crippen LogP contribution in [-0.2, 0) is 32.7 Å². The van der Waals surface area contributed by atoms with Crippen molar-refractivity contribution in [2.75, 3.05) is 26.4 Å². The van der Waals surface area contributed by atoms with Gasteiger partial charge >= 0.3 is 19.8 Å². The minimum Gasteiger partial charge on any atom is -0.462 e. The Bertz CT molecular complexity index is 789. The molecule has 0 rings (SSSR count). The zero-order chi connectivity index (χ0) is 32.6. The first kappa shape index (κ1) is 42.5. The molecule has 0 radical (unpaired) electrons. The summed E-state index contributed by atoms with van der Waals surface area (Å²) in [5.41, 5.74) is 5.31. The zero-order valence-electron chi connectivity index (χ0n) is 27.9. The SMILES string of the molecule is CCC/C=C\CCCCCCCC(=O)OCC(COP(=O)(O)OCCN)OC(=O)CCCCCCC/C=C\CCCCCC. The van der Waals surface area contributed by atoms with E-state index in [0.717, 1.165) is 77.0 Å². The van der Waals surface area contributed by atoms with E-state index in [2.05, 4.69) is 38.2 Å². The molecule has 0 heterocycles. The third kappa shape index (κ3) is 30.5. The van der Waals surface area contributed by atoms with Crippen LogP contribution in [0.5, 0.6) is 0 Å². The van der Waals surface area contributed by atoms with Crippen molar-refractivity contribution >= 4 is 19.8 Å². The minimum atomic E-state index is -4.37. The highest BCUT2D eigenvalue weighted by Gasteiger charge is 2.25. The molecule has 0 spiro atoms. The molecule has 258 valence electrons. The predicted octanol–water partition coefficient (Wildman–Crippen LogP) is 8.88. The second-order valence-corrected chi connectivity index (χ2v) is 12.8. The first-order valence-corrected chi connectivity index (χ1v) is 18.8. The number of esters is 2. The van der Waals surface area contributed by atoms with Crippen LogP contribution < -0.4 is 5.73 Å². The largest absolute Gasteiger partial charge is 0.472 e. The normalized spacial score (nSPS) is 13.8. The summed E-state index contributed by atoms with van der Waals surface area (Å²) in [6.07, 6.45) is 29.3. The Morgan fingerprint density at radius 2 is 1.16 bits per heavy atom. The van der Waals surface area contributed by atoms with Gasteiger partial charge in [-0.05, 0) is 57.8 Å². The van der Waals surface area contributed by atoms with E-state index in [-0.39, 0.29) is 32.6 Å². The van der Waals surface area contributed by atoms with Crippen molar-refractivity contribution in [2.45, 2.75) is 155 Å². The van der Waals surface area contributed by atoms with Gasteiger partial charge in [-0.2, -0.15) is 0 Å². The number of nitrogens with two attached hydrogens (primary N) is 1. The molecule has 10 heteroatoms. The van der Waals surface area contributed by atoms with E-state index in [1.54, 1.807) is 0 Å². The average Bonchev–Trinajstić information content (AvgIpc) is 3.00. The molecule has 0 saturated carbocycles. The molecule has 0 aromatic rings. The second kappa shape index (κ2) is 31.5. The lowest BCUT2D eigenvalue weighted by molar-refractivity contribution is -0.161. The minimum absolute atomic E-state index is 0.0514. The molecule has 0 aromatic heterocycles. The molecule has 0 amide bonds. The lowest BCUT2D eigenvalue weighted by Gasteiger charge is -2.19.